The van der Waals surface area contributed by atoms with Crippen molar-refractivity contribution in [2.45, 2.75) is 19.9 Å². The van der Waals surface area contributed by atoms with Crippen LogP contribution in [0.15, 0.2) is 48.5 Å². The molecule has 0 aromatic heterocycles. The molecule has 0 saturated carbocycles. The van der Waals surface area contributed by atoms with Crippen molar-refractivity contribution in [3.8, 4) is 5.75 Å². The Hall–Kier alpha value is -2.33. The maximum Gasteiger partial charge on any atom is 0.262 e. The van der Waals surface area contributed by atoms with Crippen molar-refractivity contribution in [1.82, 2.24) is 0 Å². The molecule has 4 heteroatoms. The van der Waals surface area contributed by atoms with Crippen LogP contribution in [0.5, 0.6) is 5.75 Å². The number of aryl methyl sites for hydroxylation is 1. The largest absolute Gasteiger partial charge is 0.484 e. The van der Waals surface area contributed by atoms with Gasteiger partial charge in [-0.15, -0.1) is 0 Å². The number of anilines is 1. The number of carbonyl (C=O) groups excluding carboxylic acids is 1. The van der Waals surface area contributed by atoms with E-state index in [0.717, 1.165) is 17.7 Å². The van der Waals surface area contributed by atoms with E-state index in [1.165, 1.54) is 5.56 Å². The van der Waals surface area contributed by atoms with Crippen LogP contribution in [0.2, 0.25) is 0 Å². The Bertz CT molecular complexity index is 594. The Morgan fingerprint density at radius 1 is 1.14 bits per heavy atom. The quantitative estimate of drug-likeness (QED) is 0.857. The predicted octanol–water partition coefficient (Wildman–Crippen LogP) is 2.73. The van der Waals surface area contributed by atoms with E-state index < -0.39 is 0 Å². The number of amides is 1. The van der Waals surface area contributed by atoms with Crippen molar-refractivity contribution in [3.05, 3.63) is 59.7 Å². The number of nitrogens with one attached hydrogen (secondary N) is 1. The molecule has 0 heterocycles. The molecule has 0 spiro atoms. The highest BCUT2D eigenvalue weighted by molar-refractivity contribution is 5.91. The first-order valence-corrected chi connectivity index (χ1v) is 7.02. The van der Waals surface area contributed by atoms with E-state index in [2.05, 4.69) is 12.2 Å². The maximum absolute atomic E-state index is 11.9. The van der Waals surface area contributed by atoms with Crippen molar-refractivity contribution >= 4 is 11.6 Å². The summed E-state index contributed by atoms with van der Waals surface area (Å²) in [6.07, 6.45) is 0.938. The minimum absolute atomic E-state index is 0.0156. The van der Waals surface area contributed by atoms with Gasteiger partial charge in [0.05, 0.1) is 0 Å². The number of benzene rings is 2. The van der Waals surface area contributed by atoms with Gasteiger partial charge >= 0.3 is 0 Å². The highest BCUT2D eigenvalue weighted by Gasteiger charge is 2.04. The molecule has 0 atom stereocenters. The van der Waals surface area contributed by atoms with E-state index in [-0.39, 0.29) is 12.5 Å². The zero-order valence-electron chi connectivity index (χ0n) is 12.1. The van der Waals surface area contributed by atoms with Gasteiger partial charge in [-0.25, -0.2) is 0 Å². The van der Waals surface area contributed by atoms with Crippen molar-refractivity contribution in [2.24, 2.45) is 5.73 Å². The highest BCUT2D eigenvalue weighted by atomic mass is 16.5. The third-order valence-electron chi connectivity index (χ3n) is 3.15. The van der Waals surface area contributed by atoms with Gasteiger partial charge < -0.3 is 15.8 Å². The molecule has 3 N–H and O–H groups in total. The predicted molar refractivity (Wildman–Crippen MR) is 84.3 cm³/mol. The first-order valence-electron chi connectivity index (χ1n) is 7.02. The number of hydrogen-bond acceptors (Lipinski definition) is 3. The maximum atomic E-state index is 11.9. The minimum Gasteiger partial charge on any atom is -0.484 e. The smallest absolute Gasteiger partial charge is 0.262 e. The lowest BCUT2D eigenvalue weighted by Crippen LogP contribution is -2.20. The fraction of sp³-hybridized carbons (Fsp3) is 0.235. The van der Waals surface area contributed by atoms with Gasteiger partial charge in [0.2, 0.25) is 0 Å². The van der Waals surface area contributed by atoms with E-state index in [0.29, 0.717) is 12.3 Å². The highest BCUT2D eigenvalue weighted by Crippen LogP contribution is 2.13. The average Bonchev–Trinajstić information content (AvgIpc) is 2.53. The molecule has 0 bridgehead atoms. The van der Waals surface area contributed by atoms with Crippen molar-refractivity contribution in [2.75, 3.05) is 11.9 Å². The molecule has 2 aromatic rings. The van der Waals surface area contributed by atoms with Gasteiger partial charge in [-0.3, -0.25) is 4.79 Å². The molecule has 0 aliphatic carbocycles. The summed E-state index contributed by atoms with van der Waals surface area (Å²) in [4.78, 5) is 11.9. The summed E-state index contributed by atoms with van der Waals surface area (Å²) >= 11 is 0. The molecule has 110 valence electrons. The van der Waals surface area contributed by atoms with E-state index in [4.69, 9.17) is 10.5 Å². The summed E-state index contributed by atoms with van der Waals surface area (Å²) in [6, 6.07) is 15.2. The van der Waals surface area contributed by atoms with Gasteiger partial charge in [0.1, 0.15) is 5.75 Å². The Morgan fingerprint density at radius 3 is 2.57 bits per heavy atom. The van der Waals surface area contributed by atoms with Gasteiger partial charge in [0.15, 0.2) is 6.61 Å². The van der Waals surface area contributed by atoms with Crippen LogP contribution < -0.4 is 15.8 Å². The molecule has 0 radical (unpaired) electrons. The van der Waals surface area contributed by atoms with Gasteiger partial charge in [-0.2, -0.15) is 0 Å². The molecule has 1 amide bonds. The number of rotatable bonds is 6. The number of nitrogens with two attached hydrogens (primary N) is 1. The lowest BCUT2D eigenvalue weighted by atomic mass is 10.1. The zero-order chi connectivity index (χ0) is 15.1. The van der Waals surface area contributed by atoms with Crippen molar-refractivity contribution in [3.63, 3.8) is 0 Å². The summed E-state index contributed by atoms with van der Waals surface area (Å²) in [6.45, 7) is 2.56. The zero-order valence-corrected chi connectivity index (χ0v) is 12.1. The molecule has 0 fully saturated rings. The second-order valence-electron chi connectivity index (χ2n) is 4.74. The normalized spacial score (nSPS) is 10.2. The van der Waals surface area contributed by atoms with E-state index in [1.807, 2.05) is 48.5 Å². The second-order valence-corrected chi connectivity index (χ2v) is 4.74. The Balaban J connectivity index is 1.86. The number of hydrogen-bond donors (Lipinski definition) is 2. The fourth-order valence-electron chi connectivity index (χ4n) is 1.94. The Labute approximate surface area is 124 Å². The number of carbonyl (C=O) groups is 1. The van der Waals surface area contributed by atoms with Crippen LogP contribution >= 0.6 is 0 Å². The van der Waals surface area contributed by atoms with Crippen LogP contribution in [0.3, 0.4) is 0 Å². The third-order valence-corrected chi connectivity index (χ3v) is 3.15. The molecule has 0 aliphatic heterocycles. The summed E-state index contributed by atoms with van der Waals surface area (Å²) in [7, 11) is 0. The van der Waals surface area contributed by atoms with E-state index >= 15 is 0 Å². The van der Waals surface area contributed by atoms with Crippen LogP contribution in [0.25, 0.3) is 0 Å². The van der Waals surface area contributed by atoms with Gasteiger partial charge in [-0.1, -0.05) is 31.2 Å². The molecule has 4 nitrogen and oxygen atoms in total. The molecule has 2 aromatic carbocycles. The third kappa shape index (κ3) is 4.61. The lowest BCUT2D eigenvalue weighted by Gasteiger charge is -2.09. The Morgan fingerprint density at radius 2 is 1.90 bits per heavy atom. The fourth-order valence-corrected chi connectivity index (χ4v) is 1.94. The van der Waals surface area contributed by atoms with E-state index in [1.54, 1.807) is 0 Å². The van der Waals surface area contributed by atoms with Crippen LogP contribution in [0.1, 0.15) is 18.1 Å². The summed E-state index contributed by atoms with van der Waals surface area (Å²) in [5, 5.41) is 2.83. The minimum atomic E-state index is -0.175. The average molecular weight is 284 g/mol. The van der Waals surface area contributed by atoms with Crippen molar-refractivity contribution < 1.29 is 9.53 Å². The van der Waals surface area contributed by atoms with Gasteiger partial charge in [-0.05, 0) is 41.8 Å². The topological polar surface area (TPSA) is 64.3 Å². The second kappa shape index (κ2) is 7.45. The van der Waals surface area contributed by atoms with Crippen LogP contribution in [0.4, 0.5) is 5.69 Å². The van der Waals surface area contributed by atoms with Crippen LogP contribution in [0, 0.1) is 0 Å². The lowest BCUT2D eigenvalue weighted by molar-refractivity contribution is -0.118. The molecular formula is C17H20N2O2. The van der Waals surface area contributed by atoms with E-state index in [9.17, 15) is 4.79 Å². The Kier molecular flexibility index (Phi) is 5.35. The van der Waals surface area contributed by atoms with Crippen LogP contribution in [-0.2, 0) is 17.8 Å². The first kappa shape index (κ1) is 15.1. The molecule has 0 unspecified atom stereocenters. The van der Waals surface area contributed by atoms with Crippen molar-refractivity contribution in [1.29, 1.82) is 0 Å². The summed E-state index contributed by atoms with van der Waals surface area (Å²) < 4.78 is 5.44. The summed E-state index contributed by atoms with van der Waals surface area (Å²) in [5.41, 5.74) is 8.54. The van der Waals surface area contributed by atoms with Gasteiger partial charge in [0.25, 0.3) is 5.91 Å². The molecule has 21 heavy (non-hydrogen) atoms. The molecule has 2 rings (SSSR count). The molecular weight excluding hydrogens is 264 g/mol. The monoisotopic (exact) mass is 284 g/mol. The number of ether oxygens (including phenoxy) is 1. The standard InChI is InChI=1S/C17H20N2O2/c1-2-13-4-3-5-15(10-13)19-17(20)12-21-16-8-6-14(11-18)7-9-16/h3-10H,2,11-12,18H2,1H3,(H,19,20). The molecule has 0 aliphatic rings. The SMILES string of the molecule is CCc1cccc(NC(=O)COc2ccc(CN)cc2)c1. The molecule has 0 saturated heterocycles. The first-order chi connectivity index (χ1) is 10.2. The van der Waals surface area contributed by atoms with Gasteiger partial charge in [0, 0.05) is 12.2 Å². The summed E-state index contributed by atoms with van der Waals surface area (Å²) in [5.74, 6) is 0.482. The van der Waals surface area contributed by atoms with Crippen LogP contribution in [-0.4, -0.2) is 12.5 Å².